The minimum Gasteiger partial charge on any atom is -0.389 e. The first kappa shape index (κ1) is 18.7. The van der Waals surface area contributed by atoms with E-state index in [0.29, 0.717) is 17.0 Å². The van der Waals surface area contributed by atoms with Gasteiger partial charge in [0.15, 0.2) is 0 Å². The molecule has 1 aliphatic rings. The molecule has 1 aliphatic carbocycles. The van der Waals surface area contributed by atoms with Crippen molar-refractivity contribution in [2.45, 2.75) is 57.1 Å². The molecule has 0 aromatic heterocycles. The molecule has 1 aromatic rings. The van der Waals surface area contributed by atoms with Crippen LogP contribution in [0.4, 0.5) is 4.39 Å². The number of aliphatic hydroxyl groups is 1. The fourth-order valence-corrected chi connectivity index (χ4v) is 3.74. The van der Waals surface area contributed by atoms with Crippen LogP contribution in [0.15, 0.2) is 18.2 Å². The van der Waals surface area contributed by atoms with Gasteiger partial charge in [0.2, 0.25) is 0 Å². The SMILES string of the molecule is CC(C)(N)[C@H]1CCCC[C@@]1(O)Cc1c(F)cccc1Cl.Cl. The molecule has 0 spiro atoms. The van der Waals surface area contributed by atoms with E-state index in [-0.39, 0.29) is 30.6 Å². The van der Waals surface area contributed by atoms with Gasteiger partial charge in [-0.2, -0.15) is 0 Å². The Kier molecular flexibility index (Phi) is 6.08. The van der Waals surface area contributed by atoms with Gasteiger partial charge in [0.05, 0.1) is 5.60 Å². The molecule has 3 N–H and O–H groups in total. The average molecular weight is 336 g/mol. The molecule has 0 bridgehead atoms. The van der Waals surface area contributed by atoms with Crippen molar-refractivity contribution in [1.29, 1.82) is 0 Å². The molecular weight excluding hydrogens is 312 g/mol. The lowest BCUT2D eigenvalue weighted by atomic mass is 9.65. The molecule has 0 aliphatic heterocycles. The molecule has 0 unspecified atom stereocenters. The van der Waals surface area contributed by atoms with Crippen LogP contribution in [0.25, 0.3) is 0 Å². The maximum Gasteiger partial charge on any atom is 0.127 e. The van der Waals surface area contributed by atoms with Crippen LogP contribution in [-0.2, 0) is 6.42 Å². The zero-order chi connectivity index (χ0) is 15.0. The number of hydrogen-bond acceptors (Lipinski definition) is 2. The molecule has 2 nitrogen and oxygen atoms in total. The number of hydrogen-bond donors (Lipinski definition) is 2. The summed E-state index contributed by atoms with van der Waals surface area (Å²) < 4.78 is 14.0. The van der Waals surface area contributed by atoms with Gasteiger partial charge in [0, 0.05) is 28.5 Å². The number of rotatable bonds is 3. The molecule has 0 heterocycles. The van der Waals surface area contributed by atoms with Gasteiger partial charge in [-0.05, 0) is 38.8 Å². The molecule has 0 amide bonds. The van der Waals surface area contributed by atoms with Crippen LogP contribution in [0.3, 0.4) is 0 Å². The second-order valence-corrected chi connectivity index (χ2v) is 7.01. The molecule has 120 valence electrons. The maximum atomic E-state index is 14.0. The van der Waals surface area contributed by atoms with Crippen molar-refractivity contribution in [2.75, 3.05) is 0 Å². The fourth-order valence-electron chi connectivity index (χ4n) is 3.51. The van der Waals surface area contributed by atoms with Gasteiger partial charge in [-0.1, -0.05) is 30.5 Å². The molecular formula is C16H24Cl2FNO. The van der Waals surface area contributed by atoms with Gasteiger partial charge in [0.1, 0.15) is 5.82 Å². The van der Waals surface area contributed by atoms with Gasteiger partial charge in [-0.25, -0.2) is 4.39 Å². The van der Waals surface area contributed by atoms with E-state index in [9.17, 15) is 9.50 Å². The second-order valence-electron chi connectivity index (χ2n) is 6.60. The van der Waals surface area contributed by atoms with Crippen LogP contribution in [0.5, 0.6) is 0 Å². The minimum atomic E-state index is -0.984. The standard InChI is InChI=1S/C16H23ClFNO.ClH/c1-15(2,19)14-8-3-4-9-16(14,20)10-11-12(17)6-5-7-13(11)18;/h5-7,14,20H,3-4,8-10,19H2,1-2H3;1H/t14-,16-;/m1./s1. The lowest BCUT2D eigenvalue weighted by Crippen LogP contribution is -2.56. The Bertz CT molecular complexity index is 469. The van der Waals surface area contributed by atoms with E-state index >= 15 is 0 Å². The van der Waals surface area contributed by atoms with Crippen LogP contribution in [0, 0.1) is 11.7 Å². The van der Waals surface area contributed by atoms with Gasteiger partial charge < -0.3 is 10.8 Å². The normalized spacial score (nSPS) is 26.3. The van der Waals surface area contributed by atoms with E-state index in [2.05, 4.69) is 0 Å². The third-order valence-corrected chi connectivity index (χ3v) is 4.80. The Morgan fingerprint density at radius 3 is 2.67 bits per heavy atom. The van der Waals surface area contributed by atoms with Gasteiger partial charge >= 0.3 is 0 Å². The molecule has 2 rings (SSSR count). The van der Waals surface area contributed by atoms with Crippen LogP contribution >= 0.6 is 24.0 Å². The minimum absolute atomic E-state index is 0. The zero-order valence-electron chi connectivity index (χ0n) is 12.5. The van der Waals surface area contributed by atoms with Crippen molar-refractivity contribution in [3.8, 4) is 0 Å². The van der Waals surface area contributed by atoms with Crippen molar-refractivity contribution in [3.63, 3.8) is 0 Å². The molecule has 21 heavy (non-hydrogen) atoms. The first-order valence-electron chi connectivity index (χ1n) is 7.18. The summed E-state index contributed by atoms with van der Waals surface area (Å²) >= 11 is 6.09. The lowest BCUT2D eigenvalue weighted by molar-refractivity contribution is -0.0721. The summed E-state index contributed by atoms with van der Waals surface area (Å²) in [6, 6.07) is 4.63. The highest BCUT2D eigenvalue weighted by Gasteiger charge is 2.45. The smallest absolute Gasteiger partial charge is 0.127 e. The Balaban J connectivity index is 0.00000220. The van der Waals surface area contributed by atoms with Crippen LogP contribution in [-0.4, -0.2) is 16.2 Å². The number of nitrogens with two attached hydrogens (primary N) is 1. The highest BCUT2D eigenvalue weighted by Crippen LogP contribution is 2.42. The van der Waals surface area contributed by atoms with E-state index < -0.39 is 11.1 Å². The topological polar surface area (TPSA) is 46.2 Å². The fraction of sp³-hybridized carbons (Fsp3) is 0.625. The largest absolute Gasteiger partial charge is 0.389 e. The molecule has 1 aromatic carbocycles. The van der Waals surface area contributed by atoms with Crippen LogP contribution in [0.2, 0.25) is 5.02 Å². The van der Waals surface area contributed by atoms with Crippen molar-refractivity contribution in [3.05, 3.63) is 34.6 Å². The second kappa shape index (κ2) is 6.82. The first-order chi connectivity index (χ1) is 9.24. The monoisotopic (exact) mass is 335 g/mol. The third-order valence-electron chi connectivity index (χ3n) is 4.44. The number of halogens is 3. The lowest BCUT2D eigenvalue weighted by Gasteiger charge is -2.47. The summed E-state index contributed by atoms with van der Waals surface area (Å²) in [6.07, 6.45) is 3.73. The molecule has 0 radical (unpaired) electrons. The van der Waals surface area contributed by atoms with E-state index in [4.69, 9.17) is 17.3 Å². The third kappa shape index (κ3) is 4.10. The summed E-state index contributed by atoms with van der Waals surface area (Å²) in [6.45, 7) is 3.85. The van der Waals surface area contributed by atoms with Crippen molar-refractivity contribution >= 4 is 24.0 Å². The molecule has 0 saturated heterocycles. The Labute approximate surface area is 137 Å². The molecule has 2 atom stereocenters. The van der Waals surface area contributed by atoms with Crippen molar-refractivity contribution in [1.82, 2.24) is 0 Å². The van der Waals surface area contributed by atoms with Crippen LogP contribution < -0.4 is 5.73 Å². The quantitative estimate of drug-likeness (QED) is 0.873. The predicted molar refractivity (Wildman–Crippen MR) is 87.5 cm³/mol. The molecule has 1 saturated carbocycles. The van der Waals surface area contributed by atoms with E-state index in [1.165, 1.54) is 6.07 Å². The predicted octanol–water partition coefficient (Wildman–Crippen LogP) is 4.10. The van der Waals surface area contributed by atoms with Crippen LogP contribution in [0.1, 0.15) is 45.1 Å². The van der Waals surface area contributed by atoms with Gasteiger partial charge in [0.25, 0.3) is 0 Å². The maximum absolute atomic E-state index is 14.0. The van der Waals surface area contributed by atoms with E-state index in [1.54, 1.807) is 12.1 Å². The van der Waals surface area contributed by atoms with Gasteiger partial charge in [-0.3, -0.25) is 0 Å². The van der Waals surface area contributed by atoms with Crippen molar-refractivity contribution < 1.29 is 9.50 Å². The Morgan fingerprint density at radius 1 is 1.43 bits per heavy atom. The highest BCUT2D eigenvalue weighted by molar-refractivity contribution is 6.31. The summed E-state index contributed by atoms with van der Waals surface area (Å²) in [7, 11) is 0. The molecule has 5 heteroatoms. The number of benzene rings is 1. The Hall–Kier alpha value is -0.350. The molecule has 1 fully saturated rings. The van der Waals surface area contributed by atoms with Gasteiger partial charge in [-0.15, -0.1) is 12.4 Å². The first-order valence-corrected chi connectivity index (χ1v) is 7.56. The van der Waals surface area contributed by atoms with E-state index in [0.717, 1.165) is 19.3 Å². The van der Waals surface area contributed by atoms with E-state index in [1.807, 2.05) is 13.8 Å². The summed E-state index contributed by atoms with van der Waals surface area (Å²) in [5.74, 6) is -0.413. The summed E-state index contributed by atoms with van der Waals surface area (Å²) in [4.78, 5) is 0. The van der Waals surface area contributed by atoms with Crippen molar-refractivity contribution in [2.24, 2.45) is 11.7 Å². The Morgan fingerprint density at radius 2 is 2.10 bits per heavy atom. The summed E-state index contributed by atoms with van der Waals surface area (Å²) in [5.41, 5.74) is 5.15. The highest BCUT2D eigenvalue weighted by atomic mass is 35.5. The average Bonchev–Trinajstić information content (AvgIpc) is 2.33. The zero-order valence-corrected chi connectivity index (χ0v) is 14.1. The summed E-state index contributed by atoms with van der Waals surface area (Å²) in [5, 5.41) is 11.4.